The van der Waals surface area contributed by atoms with Crippen molar-refractivity contribution in [1.29, 1.82) is 0 Å². The summed E-state index contributed by atoms with van der Waals surface area (Å²) in [5.74, 6) is -1.65. The molecule has 1 aliphatic rings. The molecule has 1 aromatic carbocycles. The van der Waals surface area contributed by atoms with Gasteiger partial charge in [0.1, 0.15) is 18.8 Å². The molecule has 2 rings (SSSR count). The molecular weight excluding hydrogens is 336 g/mol. The Labute approximate surface area is 142 Å². The fraction of sp³-hybridized carbons (Fsp3) is 0.375. The number of methoxy groups -OCH3 is 1. The first-order chi connectivity index (χ1) is 11.8. The van der Waals surface area contributed by atoms with Crippen molar-refractivity contribution in [3.05, 3.63) is 29.8 Å². The number of carbonyl (C=O) groups excluding carboxylic acids is 2. The van der Waals surface area contributed by atoms with Crippen molar-refractivity contribution in [2.24, 2.45) is 0 Å². The lowest BCUT2D eigenvalue weighted by molar-refractivity contribution is -0.154. The van der Waals surface area contributed by atoms with Gasteiger partial charge in [0.05, 0.1) is 7.11 Å². The van der Waals surface area contributed by atoms with E-state index in [1.165, 1.54) is 25.3 Å². The van der Waals surface area contributed by atoms with Crippen LogP contribution in [0.25, 0.3) is 6.08 Å². The Hall–Kier alpha value is -2.62. The first kappa shape index (κ1) is 18.7. The SMILES string of the molecule is COc1cc(/C=C/C(=O)OCC(O)[C@H]2OC(=O)[C@@H](O)[C@@H]2O)ccc1O. The maximum absolute atomic E-state index is 11.6. The molecule has 136 valence electrons. The Morgan fingerprint density at radius 2 is 2.12 bits per heavy atom. The zero-order chi connectivity index (χ0) is 18.6. The van der Waals surface area contributed by atoms with E-state index in [4.69, 9.17) is 9.47 Å². The first-order valence-corrected chi connectivity index (χ1v) is 7.30. The molecule has 25 heavy (non-hydrogen) atoms. The molecule has 0 spiro atoms. The van der Waals surface area contributed by atoms with Gasteiger partial charge in [0, 0.05) is 6.08 Å². The van der Waals surface area contributed by atoms with Crippen LogP contribution in [0.5, 0.6) is 11.5 Å². The van der Waals surface area contributed by atoms with Gasteiger partial charge in [-0.1, -0.05) is 6.07 Å². The minimum Gasteiger partial charge on any atom is -0.504 e. The summed E-state index contributed by atoms with van der Waals surface area (Å²) < 4.78 is 14.3. The van der Waals surface area contributed by atoms with Gasteiger partial charge >= 0.3 is 11.9 Å². The molecule has 1 fully saturated rings. The molecule has 0 aliphatic carbocycles. The van der Waals surface area contributed by atoms with E-state index < -0.39 is 43.0 Å². The predicted octanol–water partition coefficient (Wildman–Crippen LogP) is -1.03. The van der Waals surface area contributed by atoms with Crippen LogP contribution < -0.4 is 4.74 Å². The Balaban J connectivity index is 1.87. The lowest BCUT2D eigenvalue weighted by atomic mass is 10.1. The number of hydrogen-bond donors (Lipinski definition) is 4. The molecule has 4 atom stereocenters. The molecule has 0 saturated carbocycles. The van der Waals surface area contributed by atoms with E-state index in [9.17, 15) is 30.0 Å². The molecule has 9 heteroatoms. The number of ether oxygens (including phenoxy) is 3. The van der Waals surface area contributed by atoms with E-state index in [-0.39, 0.29) is 11.5 Å². The summed E-state index contributed by atoms with van der Waals surface area (Å²) in [7, 11) is 1.39. The predicted molar refractivity (Wildman–Crippen MR) is 82.6 cm³/mol. The molecule has 9 nitrogen and oxygen atoms in total. The fourth-order valence-electron chi connectivity index (χ4n) is 2.17. The van der Waals surface area contributed by atoms with Crippen molar-refractivity contribution in [3.8, 4) is 11.5 Å². The summed E-state index contributed by atoms with van der Waals surface area (Å²) in [5, 5.41) is 38.1. The number of hydrogen-bond acceptors (Lipinski definition) is 9. The van der Waals surface area contributed by atoms with Crippen molar-refractivity contribution in [2.45, 2.75) is 24.4 Å². The number of phenols is 1. The van der Waals surface area contributed by atoms with Gasteiger partial charge in [-0.15, -0.1) is 0 Å². The monoisotopic (exact) mass is 354 g/mol. The second-order valence-corrected chi connectivity index (χ2v) is 5.30. The summed E-state index contributed by atoms with van der Waals surface area (Å²) >= 11 is 0. The number of aliphatic hydroxyl groups excluding tert-OH is 3. The van der Waals surface area contributed by atoms with Crippen molar-refractivity contribution >= 4 is 18.0 Å². The number of benzene rings is 1. The minimum atomic E-state index is -1.74. The zero-order valence-corrected chi connectivity index (χ0v) is 13.2. The van der Waals surface area contributed by atoms with Crippen molar-refractivity contribution in [3.63, 3.8) is 0 Å². The number of esters is 2. The highest BCUT2D eigenvalue weighted by Gasteiger charge is 2.46. The highest BCUT2D eigenvalue weighted by molar-refractivity contribution is 5.87. The van der Waals surface area contributed by atoms with Crippen molar-refractivity contribution < 1.29 is 44.2 Å². The molecule has 1 saturated heterocycles. The van der Waals surface area contributed by atoms with E-state index in [1.807, 2.05) is 0 Å². The second-order valence-electron chi connectivity index (χ2n) is 5.30. The molecule has 0 radical (unpaired) electrons. The summed E-state index contributed by atoms with van der Waals surface area (Å²) in [6, 6.07) is 4.45. The van der Waals surface area contributed by atoms with Gasteiger partial charge in [-0.05, 0) is 23.8 Å². The number of aromatic hydroxyl groups is 1. The summed E-state index contributed by atoms with van der Waals surface area (Å²) in [5.41, 5.74) is 0.565. The first-order valence-electron chi connectivity index (χ1n) is 7.30. The maximum atomic E-state index is 11.6. The van der Waals surface area contributed by atoms with Crippen LogP contribution in [0.15, 0.2) is 24.3 Å². The lowest BCUT2D eigenvalue weighted by Crippen LogP contribution is -2.41. The molecule has 0 bridgehead atoms. The summed E-state index contributed by atoms with van der Waals surface area (Å²) in [6.45, 7) is -0.538. The highest BCUT2D eigenvalue weighted by Crippen LogP contribution is 2.26. The number of phenolic OH excluding ortho intramolecular Hbond substituents is 1. The van der Waals surface area contributed by atoms with Crippen LogP contribution in [0.4, 0.5) is 0 Å². The summed E-state index contributed by atoms with van der Waals surface area (Å²) in [4.78, 5) is 22.7. The van der Waals surface area contributed by atoms with E-state index in [0.29, 0.717) is 5.56 Å². The number of aliphatic hydroxyl groups is 3. The smallest absolute Gasteiger partial charge is 0.338 e. The van der Waals surface area contributed by atoms with Crippen LogP contribution in [0.2, 0.25) is 0 Å². The van der Waals surface area contributed by atoms with E-state index in [0.717, 1.165) is 6.08 Å². The maximum Gasteiger partial charge on any atom is 0.338 e. The van der Waals surface area contributed by atoms with Gasteiger partial charge in [-0.2, -0.15) is 0 Å². The molecule has 4 N–H and O–H groups in total. The van der Waals surface area contributed by atoms with E-state index in [1.54, 1.807) is 6.07 Å². The molecule has 1 heterocycles. The molecule has 1 aliphatic heterocycles. The Bertz CT molecular complexity index is 670. The average Bonchev–Trinajstić information content (AvgIpc) is 2.86. The van der Waals surface area contributed by atoms with Crippen LogP contribution in [-0.2, 0) is 19.1 Å². The number of carbonyl (C=O) groups is 2. The lowest BCUT2D eigenvalue weighted by Gasteiger charge is -2.19. The van der Waals surface area contributed by atoms with E-state index in [2.05, 4.69) is 4.74 Å². The largest absolute Gasteiger partial charge is 0.504 e. The van der Waals surface area contributed by atoms with Gasteiger partial charge in [-0.3, -0.25) is 0 Å². The number of cyclic esters (lactones) is 1. The Morgan fingerprint density at radius 3 is 2.72 bits per heavy atom. The Kier molecular flexibility index (Phi) is 5.97. The standard InChI is InChI=1S/C16H18O9/c1-23-11-6-8(2-4-9(11)17)3-5-12(19)24-7-10(18)15-13(20)14(21)16(22)25-15/h2-6,10,13-15,17-18,20-21H,7H2,1H3/b5-3+/t10?,13-,14-,15+/m0/s1. The molecule has 1 unspecified atom stereocenters. The highest BCUT2D eigenvalue weighted by atomic mass is 16.6. The molecule has 0 amide bonds. The van der Waals surface area contributed by atoms with Crippen molar-refractivity contribution in [2.75, 3.05) is 13.7 Å². The minimum absolute atomic E-state index is 0.0443. The van der Waals surface area contributed by atoms with Crippen LogP contribution in [0.1, 0.15) is 5.56 Å². The fourth-order valence-corrected chi connectivity index (χ4v) is 2.17. The van der Waals surface area contributed by atoms with Crippen LogP contribution in [-0.4, -0.2) is 70.5 Å². The quantitative estimate of drug-likeness (QED) is 0.372. The zero-order valence-electron chi connectivity index (χ0n) is 13.2. The van der Waals surface area contributed by atoms with Gasteiger partial charge in [0.25, 0.3) is 0 Å². The summed E-state index contributed by atoms with van der Waals surface area (Å²) in [6.07, 6.45) is -3.70. The van der Waals surface area contributed by atoms with Crippen molar-refractivity contribution in [1.82, 2.24) is 0 Å². The molecular formula is C16H18O9. The van der Waals surface area contributed by atoms with Gasteiger partial charge in [0.15, 0.2) is 23.7 Å². The Morgan fingerprint density at radius 1 is 1.40 bits per heavy atom. The van der Waals surface area contributed by atoms with Gasteiger partial charge in [-0.25, -0.2) is 9.59 Å². The third-order valence-electron chi connectivity index (χ3n) is 3.55. The third kappa shape index (κ3) is 4.47. The second kappa shape index (κ2) is 7.97. The third-order valence-corrected chi connectivity index (χ3v) is 3.55. The average molecular weight is 354 g/mol. The van der Waals surface area contributed by atoms with Gasteiger partial charge < -0.3 is 34.6 Å². The van der Waals surface area contributed by atoms with Gasteiger partial charge in [0.2, 0.25) is 0 Å². The van der Waals surface area contributed by atoms with Crippen LogP contribution in [0.3, 0.4) is 0 Å². The normalized spacial score (nSPS) is 24.2. The topological polar surface area (TPSA) is 143 Å². The van der Waals surface area contributed by atoms with E-state index >= 15 is 0 Å². The molecule has 0 aromatic heterocycles. The van der Waals surface area contributed by atoms with Crippen LogP contribution in [0, 0.1) is 0 Å². The molecule has 1 aromatic rings. The number of rotatable bonds is 6. The van der Waals surface area contributed by atoms with Crippen LogP contribution >= 0.6 is 0 Å².